The minimum Gasteiger partial charge on any atom is -0.444 e. The van der Waals surface area contributed by atoms with E-state index in [0.29, 0.717) is 18.9 Å². The number of aromatic nitrogens is 4. The number of H-pyrrole nitrogens is 2. The molecule has 10 nitrogen and oxygen atoms in total. The molecule has 0 fully saturated rings. The molecule has 0 aliphatic heterocycles. The second-order valence-electron chi connectivity index (χ2n) is 15.7. The summed E-state index contributed by atoms with van der Waals surface area (Å²) in [5.41, 5.74) is 6.92. The zero-order valence-corrected chi connectivity index (χ0v) is 33.0. The minimum atomic E-state index is -0.573. The maximum atomic E-state index is 13.1. The van der Waals surface area contributed by atoms with E-state index in [2.05, 4.69) is 82.5 Å². The molecule has 0 saturated carbocycles. The summed E-state index contributed by atoms with van der Waals surface area (Å²) in [6.07, 6.45) is 3.82. The number of hydrogen-bond donors (Lipinski definition) is 2. The lowest BCUT2D eigenvalue weighted by Crippen LogP contribution is -2.39. The van der Waals surface area contributed by atoms with Crippen molar-refractivity contribution in [2.45, 2.75) is 112 Å². The molecule has 0 radical (unpaired) electrons. The standard InChI is InChI=1S/C43H56N6O4/c1-11-13-25-49(41(51)53-43(8,9)10)29(4)39-45-35-23-22-34(26-36(35)46-39)32-16-14-30(15-17-32)31-18-20-33(21-19-31)37-27-44-38(47-37)28(3)48(24-12-2)40(50)52-42(5,6)7/h14-23,26-29H,11-13,24-25H2,1-10H3,(H,44,47)(H,45,46)/t28?,29-/m0/s1. The molecule has 0 aliphatic carbocycles. The number of benzene rings is 3. The van der Waals surface area contributed by atoms with Crippen LogP contribution in [0, 0.1) is 0 Å². The van der Waals surface area contributed by atoms with E-state index < -0.39 is 11.2 Å². The van der Waals surface area contributed by atoms with Crippen LogP contribution in [0.15, 0.2) is 72.9 Å². The van der Waals surface area contributed by atoms with Crippen molar-refractivity contribution in [2.75, 3.05) is 13.1 Å². The van der Waals surface area contributed by atoms with Crippen LogP contribution in [0.3, 0.4) is 0 Å². The number of nitrogens with one attached hydrogen (secondary N) is 2. The number of ether oxygens (including phenoxy) is 2. The maximum absolute atomic E-state index is 13.1. The van der Waals surface area contributed by atoms with Crippen molar-refractivity contribution in [3.63, 3.8) is 0 Å². The van der Waals surface area contributed by atoms with Crippen molar-refractivity contribution in [2.24, 2.45) is 0 Å². The van der Waals surface area contributed by atoms with Crippen LogP contribution >= 0.6 is 0 Å². The molecule has 3 aromatic carbocycles. The first kappa shape index (κ1) is 39.1. The molecular formula is C43H56N6O4. The van der Waals surface area contributed by atoms with E-state index in [4.69, 9.17) is 14.5 Å². The molecule has 0 saturated heterocycles. The first-order valence-corrected chi connectivity index (χ1v) is 18.8. The molecule has 2 heterocycles. The van der Waals surface area contributed by atoms with Crippen molar-refractivity contribution in [3.05, 3.63) is 84.6 Å². The summed E-state index contributed by atoms with van der Waals surface area (Å²) in [6, 6.07) is 22.6. The van der Waals surface area contributed by atoms with Crippen molar-refractivity contribution in [1.82, 2.24) is 29.7 Å². The summed E-state index contributed by atoms with van der Waals surface area (Å²) in [5, 5.41) is 0. The molecule has 53 heavy (non-hydrogen) atoms. The van der Waals surface area contributed by atoms with Gasteiger partial charge in [0.15, 0.2) is 0 Å². The predicted molar refractivity (Wildman–Crippen MR) is 212 cm³/mol. The Kier molecular flexibility index (Phi) is 12.0. The molecule has 1 unspecified atom stereocenters. The van der Waals surface area contributed by atoms with Crippen molar-refractivity contribution in [3.8, 4) is 33.5 Å². The number of fused-ring (bicyclic) bond motifs is 1. The number of carbonyl (C=O) groups is 2. The van der Waals surface area contributed by atoms with Gasteiger partial charge in [-0.25, -0.2) is 19.6 Å². The van der Waals surface area contributed by atoms with E-state index in [-0.39, 0.29) is 24.3 Å². The third-order valence-electron chi connectivity index (χ3n) is 9.04. The fourth-order valence-corrected chi connectivity index (χ4v) is 6.19. The average molecular weight is 721 g/mol. The van der Waals surface area contributed by atoms with Crippen LogP contribution < -0.4 is 0 Å². The van der Waals surface area contributed by atoms with E-state index >= 15 is 0 Å². The highest BCUT2D eigenvalue weighted by Crippen LogP contribution is 2.31. The Hall–Kier alpha value is -5.12. The lowest BCUT2D eigenvalue weighted by atomic mass is 9.99. The molecule has 2 aromatic heterocycles. The third kappa shape index (κ3) is 9.86. The summed E-state index contributed by atoms with van der Waals surface area (Å²) in [6.45, 7) is 20.6. The molecule has 5 rings (SSSR count). The second-order valence-corrected chi connectivity index (χ2v) is 15.7. The third-order valence-corrected chi connectivity index (χ3v) is 9.04. The topological polar surface area (TPSA) is 116 Å². The fraction of sp³-hybridized carbons (Fsp3) is 0.442. The molecule has 5 aromatic rings. The number of amides is 2. The van der Waals surface area contributed by atoms with Gasteiger partial charge in [-0.05, 0) is 108 Å². The summed E-state index contributed by atoms with van der Waals surface area (Å²) >= 11 is 0. The van der Waals surface area contributed by atoms with E-state index in [1.165, 1.54) is 0 Å². The lowest BCUT2D eigenvalue weighted by Gasteiger charge is -2.30. The maximum Gasteiger partial charge on any atom is 0.410 e. The predicted octanol–water partition coefficient (Wildman–Crippen LogP) is 11.1. The van der Waals surface area contributed by atoms with E-state index in [9.17, 15) is 9.59 Å². The van der Waals surface area contributed by atoms with Gasteiger partial charge in [0.25, 0.3) is 0 Å². The lowest BCUT2D eigenvalue weighted by molar-refractivity contribution is 0.0154. The number of hydrogen-bond acceptors (Lipinski definition) is 6. The van der Waals surface area contributed by atoms with Crippen LogP contribution in [0.25, 0.3) is 44.5 Å². The van der Waals surface area contributed by atoms with Gasteiger partial charge in [-0.15, -0.1) is 0 Å². The van der Waals surface area contributed by atoms with Crippen LogP contribution in [0.2, 0.25) is 0 Å². The number of unbranched alkanes of at least 4 members (excludes halogenated alkanes) is 1. The minimum absolute atomic E-state index is 0.263. The van der Waals surface area contributed by atoms with Gasteiger partial charge in [0.2, 0.25) is 0 Å². The number of carbonyl (C=O) groups excluding carboxylic acids is 2. The highest BCUT2D eigenvalue weighted by molar-refractivity contribution is 5.83. The normalized spacial score (nSPS) is 13.1. The van der Waals surface area contributed by atoms with Crippen molar-refractivity contribution < 1.29 is 19.1 Å². The SMILES string of the molecule is CCCCN(C(=O)OC(C)(C)C)[C@@H](C)c1nc2ccc(-c3ccc(-c4ccc(-c5cnc(C(C)N(CCC)C(=O)OC(C)(C)C)[nH]5)cc4)cc3)cc2[nH]1. The Morgan fingerprint density at radius 2 is 1.15 bits per heavy atom. The Balaban J connectivity index is 1.28. The average Bonchev–Trinajstić information content (AvgIpc) is 3.77. The second kappa shape index (κ2) is 16.3. The molecule has 2 atom stereocenters. The molecule has 10 heteroatoms. The number of rotatable bonds is 12. The van der Waals surface area contributed by atoms with Crippen LogP contribution in [0.1, 0.15) is 112 Å². The molecule has 282 valence electrons. The molecule has 2 amide bonds. The van der Waals surface area contributed by atoms with Gasteiger partial charge in [-0.2, -0.15) is 0 Å². The smallest absolute Gasteiger partial charge is 0.410 e. The van der Waals surface area contributed by atoms with Crippen LogP contribution in [-0.4, -0.2) is 66.2 Å². The number of imidazole rings is 2. The van der Waals surface area contributed by atoms with Crippen molar-refractivity contribution >= 4 is 23.2 Å². The highest BCUT2D eigenvalue weighted by atomic mass is 16.6. The van der Waals surface area contributed by atoms with Gasteiger partial charge in [-0.1, -0.05) is 74.9 Å². The largest absolute Gasteiger partial charge is 0.444 e. The summed E-state index contributed by atoms with van der Waals surface area (Å²) in [4.78, 5) is 45.9. The quantitative estimate of drug-likeness (QED) is 0.132. The Morgan fingerprint density at radius 3 is 1.68 bits per heavy atom. The molecule has 0 aliphatic rings. The first-order valence-electron chi connectivity index (χ1n) is 18.8. The van der Waals surface area contributed by atoms with Crippen LogP contribution in [0.5, 0.6) is 0 Å². The van der Waals surface area contributed by atoms with Gasteiger partial charge in [0.1, 0.15) is 22.9 Å². The van der Waals surface area contributed by atoms with Crippen molar-refractivity contribution in [1.29, 1.82) is 0 Å². The summed E-state index contributed by atoms with van der Waals surface area (Å²) in [7, 11) is 0. The van der Waals surface area contributed by atoms with Gasteiger partial charge in [-0.3, -0.25) is 9.80 Å². The van der Waals surface area contributed by atoms with Gasteiger partial charge in [0.05, 0.1) is 35.0 Å². The zero-order chi connectivity index (χ0) is 38.5. The molecular weight excluding hydrogens is 665 g/mol. The number of nitrogens with zero attached hydrogens (tertiary/aromatic N) is 4. The number of aromatic amines is 2. The first-order chi connectivity index (χ1) is 25.1. The Bertz CT molecular complexity index is 1980. The van der Waals surface area contributed by atoms with E-state index in [1.54, 1.807) is 9.80 Å². The Labute approximate surface area is 314 Å². The summed E-state index contributed by atoms with van der Waals surface area (Å²) < 4.78 is 11.4. The fourth-order valence-electron chi connectivity index (χ4n) is 6.19. The summed E-state index contributed by atoms with van der Waals surface area (Å²) in [5.74, 6) is 1.45. The molecule has 0 bridgehead atoms. The zero-order valence-electron chi connectivity index (χ0n) is 33.0. The van der Waals surface area contributed by atoms with Crippen LogP contribution in [-0.2, 0) is 9.47 Å². The van der Waals surface area contributed by atoms with E-state index in [1.807, 2.05) is 74.6 Å². The Morgan fingerprint density at radius 1 is 0.660 bits per heavy atom. The monoisotopic (exact) mass is 720 g/mol. The van der Waals surface area contributed by atoms with Gasteiger partial charge in [0, 0.05) is 13.1 Å². The van der Waals surface area contributed by atoms with Crippen LogP contribution in [0.4, 0.5) is 9.59 Å². The highest BCUT2D eigenvalue weighted by Gasteiger charge is 2.29. The van der Waals surface area contributed by atoms with Gasteiger partial charge >= 0.3 is 12.2 Å². The molecule has 0 spiro atoms. The van der Waals surface area contributed by atoms with E-state index in [0.717, 1.165) is 69.6 Å². The van der Waals surface area contributed by atoms with Gasteiger partial charge < -0.3 is 19.4 Å². The molecule has 2 N–H and O–H groups in total.